The highest BCUT2D eigenvalue weighted by atomic mass is 16.1. The Morgan fingerprint density at radius 3 is 2.47 bits per heavy atom. The fourth-order valence-electron chi connectivity index (χ4n) is 1.55. The maximum Gasteiger partial charge on any atom is 0.207 e. The van der Waals surface area contributed by atoms with Crippen molar-refractivity contribution in [2.75, 3.05) is 0 Å². The Kier molecular flexibility index (Phi) is 2.85. The predicted octanol–water partition coefficient (Wildman–Crippen LogP) is 1.42. The van der Waals surface area contributed by atoms with E-state index in [9.17, 15) is 9.59 Å². The number of carbonyl (C=O) groups is 2. The molecule has 0 saturated heterocycles. The molecule has 78 valence electrons. The van der Waals surface area contributed by atoms with Crippen LogP contribution in [-0.4, -0.2) is 21.5 Å². The third kappa shape index (κ3) is 2.26. The second-order valence-corrected chi connectivity index (χ2v) is 3.77. The van der Waals surface area contributed by atoms with Gasteiger partial charge in [0.25, 0.3) is 0 Å². The molecule has 0 N–H and O–H groups in total. The summed E-state index contributed by atoms with van der Waals surface area (Å²) in [7, 11) is 0. The SMILES string of the molecule is O=C(CC(=O)C1CCC1)c1ncccn1. The molecule has 0 amide bonds. The molecule has 1 saturated carbocycles. The Morgan fingerprint density at radius 2 is 1.93 bits per heavy atom. The topological polar surface area (TPSA) is 59.9 Å². The fraction of sp³-hybridized carbons (Fsp3) is 0.455. The molecule has 0 atom stereocenters. The summed E-state index contributed by atoms with van der Waals surface area (Å²) in [4.78, 5) is 30.7. The Morgan fingerprint density at radius 1 is 1.27 bits per heavy atom. The lowest BCUT2D eigenvalue weighted by molar-refractivity contribution is -0.124. The molecule has 1 heterocycles. The summed E-state index contributed by atoms with van der Waals surface area (Å²) < 4.78 is 0. The number of rotatable bonds is 4. The van der Waals surface area contributed by atoms with Crippen molar-refractivity contribution in [1.82, 2.24) is 9.97 Å². The van der Waals surface area contributed by atoms with Crippen LogP contribution in [0.1, 0.15) is 36.3 Å². The van der Waals surface area contributed by atoms with Crippen LogP contribution in [-0.2, 0) is 4.79 Å². The van der Waals surface area contributed by atoms with Crippen molar-refractivity contribution in [2.24, 2.45) is 5.92 Å². The van der Waals surface area contributed by atoms with Gasteiger partial charge in [0.2, 0.25) is 5.78 Å². The lowest BCUT2D eigenvalue weighted by atomic mass is 9.81. The molecule has 2 rings (SSSR count). The maximum atomic E-state index is 11.6. The molecule has 0 aromatic carbocycles. The molecule has 0 radical (unpaired) electrons. The van der Waals surface area contributed by atoms with Gasteiger partial charge in [-0.3, -0.25) is 9.59 Å². The first-order valence-corrected chi connectivity index (χ1v) is 5.10. The van der Waals surface area contributed by atoms with Gasteiger partial charge in [-0.05, 0) is 18.9 Å². The van der Waals surface area contributed by atoms with Gasteiger partial charge in [-0.15, -0.1) is 0 Å². The van der Waals surface area contributed by atoms with E-state index in [0.717, 1.165) is 19.3 Å². The number of hydrogen-bond acceptors (Lipinski definition) is 4. The van der Waals surface area contributed by atoms with Crippen molar-refractivity contribution in [2.45, 2.75) is 25.7 Å². The van der Waals surface area contributed by atoms with E-state index in [1.807, 2.05) is 0 Å². The number of ketones is 2. The van der Waals surface area contributed by atoms with Crippen molar-refractivity contribution in [3.05, 3.63) is 24.3 Å². The van der Waals surface area contributed by atoms with E-state index in [1.165, 1.54) is 12.4 Å². The Bertz CT molecular complexity index is 371. The van der Waals surface area contributed by atoms with Gasteiger partial charge in [0.15, 0.2) is 5.82 Å². The molecule has 1 aromatic rings. The molecular weight excluding hydrogens is 192 g/mol. The van der Waals surface area contributed by atoms with Gasteiger partial charge in [0.1, 0.15) is 5.78 Å². The van der Waals surface area contributed by atoms with Crippen LogP contribution in [0.4, 0.5) is 0 Å². The number of aromatic nitrogens is 2. The normalized spacial score (nSPS) is 15.7. The fourth-order valence-corrected chi connectivity index (χ4v) is 1.55. The van der Waals surface area contributed by atoms with Crippen LogP contribution in [0, 0.1) is 5.92 Å². The molecule has 0 spiro atoms. The standard InChI is InChI=1S/C11H12N2O2/c14-9(8-3-1-4-8)7-10(15)11-12-5-2-6-13-11/h2,5-6,8H,1,3-4,7H2. The summed E-state index contributed by atoms with van der Waals surface area (Å²) in [5, 5.41) is 0. The van der Waals surface area contributed by atoms with Gasteiger partial charge in [-0.25, -0.2) is 9.97 Å². The first-order chi connectivity index (χ1) is 7.27. The molecule has 15 heavy (non-hydrogen) atoms. The molecule has 0 aliphatic heterocycles. The smallest absolute Gasteiger partial charge is 0.207 e. The molecule has 0 unspecified atom stereocenters. The van der Waals surface area contributed by atoms with Crippen molar-refractivity contribution >= 4 is 11.6 Å². The van der Waals surface area contributed by atoms with Crippen LogP contribution in [0.3, 0.4) is 0 Å². The second-order valence-electron chi connectivity index (χ2n) is 3.77. The van der Waals surface area contributed by atoms with Gasteiger partial charge in [-0.1, -0.05) is 6.42 Å². The second kappa shape index (κ2) is 4.29. The lowest BCUT2D eigenvalue weighted by Gasteiger charge is -2.23. The summed E-state index contributed by atoms with van der Waals surface area (Å²) in [6.45, 7) is 0. The van der Waals surface area contributed by atoms with E-state index in [2.05, 4.69) is 9.97 Å². The molecule has 4 heteroatoms. The van der Waals surface area contributed by atoms with Crippen LogP contribution < -0.4 is 0 Å². The number of carbonyl (C=O) groups excluding carboxylic acids is 2. The Labute approximate surface area is 87.7 Å². The van der Waals surface area contributed by atoms with Crippen molar-refractivity contribution in [3.8, 4) is 0 Å². The lowest BCUT2D eigenvalue weighted by Crippen LogP contribution is -2.24. The third-order valence-corrected chi connectivity index (χ3v) is 2.71. The minimum Gasteiger partial charge on any atom is -0.299 e. The van der Waals surface area contributed by atoms with Gasteiger partial charge >= 0.3 is 0 Å². The third-order valence-electron chi connectivity index (χ3n) is 2.71. The molecule has 4 nitrogen and oxygen atoms in total. The van der Waals surface area contributed by atoms with Crippen LogP contribution in [0.2, 0.25) is 0 Å². The summed E-state index contributed by atoms with van der Waals surface area (Å²) in [5.74, 6) is 0.0223. The number of Topliss-reactive ketones (excluding diaryl/α,β-unsaturated/α-hetero) is 2. The zero-order valence-corrected chi connectivity index (χ0v) is 8.35. The van der Waals surface area contributed by atoms with Crippen LogP contribution in [0.5, 0.6) is 0 Å². The minimum absolute atomic E-state index is 0.0405. The summed E-state index contributed by atoms with van der Waals surface area (Å²) in [5.41, 5.74) is 0. The molecule has 1 aliphatic rings. The van der Waals surface area contributed by atoms with Crippen molar-refractivity contribution < 1.29 is 9.59 Å². The summed E-state index contributed by atoms with van der Waals surface area (Å²) >= 11 is 0. The predicted molar refractivity (Wildman–Crippen MR) is 53.3 cm³/mol. The first-order valence-electron chi connectivity index (χ1n) is 5.10. The number of nitrogens with zero attached hydrogens (tertiary/aromatic N) is 2. The largest absolute Gasteiger partial charge is 0.299 e. The Balaban J connectivity index is 1.95. The highest BCUT2D eigenvalue weighted by molar-refractivity contribution is 6.06. The summed E-state index contributed by atoms with van der Waals surface area (Å²) in [6, 6.07) is 1.64. The van der Waals surface area contributed by atoms with E-state index in [-0.39, 0.29) is 29.7 Å². The number of hydrogen-bond donors (Lipinski definition) is 0. The van der Waals surface area contributed by atoms with Gasteiger partial charge in [-0.2, -0.15) is 0 Å². The monoisotopic (exact) mass is 204 g/mol. The summed E-state index contributed by atoms with van der Waals surface area (Å²) in [6.07, 6.45) is 5.94. The van der Waals surface area contributed by atoms with Gasteiger partial charge < -0.3 is 0 Å². The van der Waals surface area contributed by atoms with Crippen LogP contribution >= 0.6 is 0 Å². The molecular formula is C11H12N2O2. The molecule has 1 aliphatic carbocycles. The van der Waals surface area contributed by atoms with E-state index in [1.54, 1.807) is 6.07 Å². The van der Waals surface area contributed by atoms with Crippen LogP contribution in [0.25, 0.3) is 0 Å². The van der Waals surface area contributed by atoms with E-state index >= 15 is 0 Å². The van der Waals surface area contributed by atoms with E-state index in [4.69, 9.17) is 0 Å². The molecule has 1 aromatic heterocycles. The zero-order chi connectivity index (χ0) is 10.7. The minimum atomic E-state index is -0.271. The van der Waals surface area contributed by atoms with Gasteiger partial charge in [0.05, 0.1) is 6.42 Å². The van der Waals surface area contributed by atoms with Crippen molar-refractivity contribution in [3.63, 3.8) is 0 Å². The van der Waals surface area contributed by atoms with Crippen LogP contribution in [0.15, 0.2) is 18.5 Å². The van der Waals surface area contributed by atoms with Crippen molar-refractivity contribution in [1.29, 1.82) is 0 Å². The average molecular weight is 204 g/mol. The zero-order valence-electron chi connectivity index (χ0n) is 8.35. The maximum absolute atomic E-state index is 11.6. The quantitative estimate of drug-likeness (QED) is 0.549. The first kappa shape index (κ1) is 9.96. The average Bonchev–Trinajstić information content (AvgIpc) is 2.16. The van der Waals surface area contributed by atoms with E-state index < -0.39 is 0 Å². The Hall–Kier alpha value is -1.58. The van der Waals surface area contributed by atoms with Gasteiger partial charge in [0, 0.05) is 18.3 Å². The molecule has 0 bridgehead atoms. The molecule has 1 fully saturated rings. The highest BCUT2D eigenvalue weighted by Crippen LogP contribution is 2.28. The highest BCUT2D eigenvalue weighted by Gasteiger charge is 2.27. The van der Waals surface area contributed by atoms with E-state index in [0.29, 0.717) is 0 Å².